The SMILES string of the molecule is COc1cccc(C(C)(O)c2ccc(C)cc2C)c1. The Hall–Kier alpha value is -1.80. The lowest BCUT2D eigenvalue weighted by molar-refractivity contribution is 0.101. The van der Waals surface area contributed by atoms with E-state index in [0.717, 1.165) is 22.4 Å². The van der Waals surface area contributed by atoms with Gasteiger partial charge in [0.2, 0.25) is 0 Å². The van der Waals surface area contributed by atoms with E-state index in [1.165, 1.54) is 5.56 Å². The molecule has 0 saturated heterocycles. The molecule has 1 atom stereocenters. The third-order valence-corrected chi connectivity index (χ3v) is 3.54. The number of ether oxygens (including phenoxy) is 1. The highest BCUT2D eigenvalue weighted by molar-refractivity contribution is 5.43. The maximum Gasteiger partial charge on any atom is 0.119 e. The van der Waals surface area contributed by atoms with E-state index in [-0.39, 0.29) is 0 Å². The second kappa shape index (κ2) is 5.06. The number of rotatable bonds is 3. The molecular weight excluding hydrogens is 236 g/mol. The number of methoxy groups -OCH3 is 1. The van der Waals surface area contributed by atoms with Crippen molar-refractivity contribution in [2.75, 3.05) is 7.11 Å². The van der Waals surface area contributed by atoms with Crippen LogP contribution >= 0.6 is 0 Å². The molecule has 0 aliphatic rings. The molecule has 19 heavy (non-hydrogen) atoms. The summed E-state index contributed by atoms with van der Waals surface area (Å²) < 4.78 is 5.22. The van der Waals surface area contributed by atoms with Gasteiger partial charge in [-0.2, -0.15) is 0 Å². The van der Waals surface area contributed by atoms with Gasteiger partial charge < -0.3 is 9.84 Å². The topological polar surface area (TPSA) is 29.5 Å². The van der Waals surface area contributed by atoms with E-state index >= 15 is 0 Å². The van der Waals surface area contributed by atoms with Crippen molar-refractivity contribution in [2.24, 2.45) is 0 Å². The molecule has 2 nitrogen and oxygen atoms in total. The van der Waals surface area contributed by atoms with Crippen LogP contribution in [0.25, 0.3) is 0 Å². The van der Waals surface area contributed by atoms with Crippen LogP contribution < -0.4 is 4.74 Å². The fourth-order valence-corrected chi connectivity index (χ4v) is 2.44. The van der Waals surface area contributed by atoms with Crippen LogP contribution in [-0.2, 0) is 5.60 Å². The molecule has 2 aromatic rings. The van der Waals surface area contributed by atoms with Crippen molar-refractivity contribution >= 4 is 0 Å². The molecule has 100 valence electrons. The molecule has 0 bridgehead atoms. The highest BCUT2D eigenvalue weighted by Crippen LogP contribution is 2.33. The van der Waals surface area contributed by atoms with E-state index in [0.29, 0.717) is 0 Å². The van der Waals surface area contributed by atoms with E-state index in [2.05, 4.69) is 13.0 Å². The van der Waals surface area contributed by atoms with Crippen molar-refractivity contribution in [1.29, 1.82) is 0 Å². The van der Waals surface area contributed by atoms with E-state index < -0.39 is 5.60 Å². The lowest BCUT2D eigenvalue weighted by atomic mass is 9.85. The van der Waals surface area contributed by atoms with E-state index in [1.54, 1.807) is 7.11 Å². The predicted octanol–water partition coefficient (Wildman–Crippen LogP) is 3.57. The molecule has 0 aromatic heterocycles. The largest absolute Gasteiger partial charge is 0.497 e. The molecule has 2 rings (SSSR count). The van der Waals surface area contributed by atoms with Crippen molar-refractivity contribution in [3.05, 3.63) is 64.7 Å². The lowest BCUT2D eigenvalue weighted by Crippen LogP contribution is -2.24. The van der Waals surface area contributed by atoms with Crippen molar-refractivity contribution in [3.8, 4) is 5.75 Å². The number of aryl methyl sites for hydroxylation is 2. The fraction of sp³-hybridized carbons (Fsp3) is 0.294. The Kier molecular flexibility index (Phi) is 3.63. The molecular formula is C17H20O2. The van der Waals surface area contributed by atoms with Crippen LogP contribution in [0.2, 0.25) is 0 Å². The van der Waals surface area contributed by atoms with Gasteiger partial charge in [0, 0.05) is 0 Å². The maximum atomic E-state index is 10.9. The van der Waals surface area contributed by atoms with Crippen LogP contribution in [0.5, 0.6) is 5.75 Å². The summed E-state index contributed by atoms with van der Waals surface area (Å²) in [6, 6.07) is 13.7. The third kappa shape index (κ3) is 2.64. The Labute approximate surface area is 114 Å². The second-order valence-electron chi connectivity index (χ2n) is 5.12. The summed E-state index contributed by atoms with van der Waals surface area (Å²) in [5.74, 6) is 0.752. The third-order valence-electron chi connectivity index (χ3n) is 3.54. The summed E-state index contributed by atoms with van der Waals surface area (Å²) in [5, 5.41) is 10.9. The minimum atomic E-state index is -1.02. The van der Waals surface area contributed by atoms with Gasteiger partial charge in [-0.3, -0.25) is 0 Å². The number of aliphatic hydroxyl groups is 1. The summed E-state index contributed by atoms with van der Waals surface area (Å²) >= 11 is 0. The zero-order valence-electron chi connectivity index (χ0n) is 11.9. The minimum absolute atomic E-state index is 0.752. The van der Waals surface area contributed by atoms with Crippen molar-refractivity contribution in [1.82, 2.24) is 0 Å². The number of hydrogen-bond donors (Lipinski definition) is 1. The Morgan fingerprint density at radius 1 is 1.05 bits per heavy atom. The van der Waals surface area contributed by atoms with Crippen LogP contribution in [0.1, 0.15) is 29.2 Å². The molecule has 2 heteroatoms. The molecule has 1 unspecified atom stereocenters. The Morgan fingerprint density at radius 2 is 1.79 bits per heavy atom. The van der Waals surface area contributed by atoms with E-state index in [1.807, 2.05) is 50.2 Å². The van der Waals surface area contributed by atoms with Gasteiger partial charge in [0.05, 0.1) is 7.11 Å². The zero-order chi connectivity index (χ0) is 14.0. The van der Waals surface area contributed by atoms with Gasteiger partial charge >= 0.3 is 0 Å². The van der Waals surface area contributed by atoms with Gasteiger partial charge in [0.1, 0.15) is 11.4 Å². The molecule has 0 aliphatic heterocycles. The zero-order valence-corrected chi connectivity index (χ0v) is 11.9. The quantitative estimate of drug-likeness (QED) is 0.909. The monoisotopic (exact) mass is 256 g/mol. The highest BCUT2D eigenvalue weighted by Gasteiger charge is 2.27. The van der Waals surface area contributed by atoms with E-state index in [9.17, 15) is 5.11 Å². The molecule has 0 saturated carbocycles. The summed E-state index contributed by atoms with van der Waals surface area (Å²) in [6.07, 6.45) is 0. The molecule has 2 aromatic carbocycles. The van der Waals surface area contributed by atoms with Crippen LogP contribution in [0.4, 0.5) is 0 Å². The van der Waals surface area contributed by atoms with Gasteiger partial charge in [-0.05, 0) is 49.6 Å². The second-order valence-corrected chi connectivity index (χ2v) is 5.12. The first-order valence-corrected chi connectivity index (χ1v) is 6.40. The Bertz CT molecular complexity index is 586. The van der Waals surface area contributed by atoms with Crippen LogP contribution in [0.15, 0.2) is 42.5 Å². The van der Waals surface area contributed by atoms with Crippen LogP contribution in [0, 0.1) is 13.8 Å². The van der Waals surface area contributed by atoms with Crippen LogP contribution in [-0.4, -0.2) is 12.2 Å². The molecule has 0 aliphatic carbocycles. The first-order chi connectivity index (χ1) is 8.95. The Morgan fingerprint density at radius 3 is 2.42 bits per heavy atom. The van der Waals surface area contributed by atoms with Gasteiger partial charge in [0.25, 0.3) is 0 Å². The van der Waals surface area contributed by atoms with Crippen molar-refractivity contribution in [3.63, 3.8) is 0 Å². The van der Waals surface area contributed by atoms with Gasteiger partial charge in [-0.15, -0.1) is 0 Å². The summed E-state index contributed by atoms with van der Waals surface area (Å²) in [4.78, 5) is 0. The van der Waals surface area contributed by atoms with Crippen LogP contribution in [0.3, 0.4) is 0 Å². The fourth-order valence-electron chi connectivity index (χ4n) is 2.44. The van der Waals surface area contributed by atoms with Crippen molar-refractivity contribution < 1.29 is 9.84 Å². The molecule has 0 spiro atoms. The summed E-state index contributed by atoms with van der Waals surface area (Å²) in [6.45, 7) is 5.90. The first-order valence-electron chi connectivity index (χ1n) is 6.40. The maximum absolute atomic E-state index is 10.9. The number of hydrogen-bond acceptors (Lipinski definition) is 2. The molecule has 0 radical (unpaired) electrons. The van der Waals surface area contributed by atoms with E-state index in [4.69, 9.17) is 4.74 Å². The van der Waals surface area contributed by atoms with Gasteiger partial charge in [0.15, 0.2) is 0 Å². The standard InChI is InChI=1S/C17H20O2/c1-12-8-9-16(13(2)10-12)17(3,18)14-6-5-7-15(11-14)19-4/h5-11,18H,1-4H3. The normalized spacial score (nSPS) is 13.9. The molecule has 0 heterocycles. The number of benzene rings is 2. The molecule has 0 amide bonds. The predicted molar refractivity (Wildman–Crippen MR) is 77.6 cm³/mol. The molecule has 1 N–H and O–H groups in total. The lowest BCUT2D eigenvalue weighted by Gasteiger charge is -2.27. The average molecular weight is 256 g/mol. The minimum Gasteiger partial charge on any atom is -0.497 e. The summed E-state index contributed by atoms with van der Waals surface area (Å²) in [7, 11) is 1.63. The summed E-state index contributed by atoms with van der Waals surface area (Å²) in [5.41, 5.74) is 3.02. The average Bonchev–Trinajstić information content (AvgIpc) is 2.38. The Balaban J connectivity index is 2.51. The molecule has 0 fully saturated rings. The van der Waals surface area contributed by atoms with Gasteiger partial charge in [-0.25, -0.2) is 0 Å². The smallest absolute Gasteiger partial charge is 0.119 e. The first kappa shape index (κ1) is 13.6. The van der Waals surface area contributed by atoms with Gasteiger partial charge in [-0.1, -0.05) is 35.9 Å². The highest BCUT2D eigenvalue weighted by atomic mass is 16.5. The van der Waals surface area contributed by atoms with Crippen molar-refractivity contribution in [2.45, 2.75) is 26.4 Å².